The van der Waals surface area contributed by atoms with Crippen LogP contribution in [-0.2, 0) is 15.0 Å². The molecular formula is C23H24Cl2N4O3. The largest absolute Gasteiger partial charge is 0.480 e. The maximum absolute atomic E-state index is 14.0. The molecule has 1 aliphatic carbocycles. The number of nitrogens with zero attached hydrogens (tertiary/aromatic N) is 2. The lowest BCUT2D eigenvalue weighted by Gasteiger charge is -2.50. The number of carboxylic acids is 1. The number of hydrogen-bond acceptors (Lipinski definition) is 5. The molecule has 1 amide bonds. The summed E-state index contributed by atoms with van der Waals surface area (Å²) in [5.74, 6) is -1.57. The Morgan fingerprint density at radius 1 is 1.12 bits per heavy atom. The molecule has 1 saturated carbocycles. The van der Waals surface area contributed by atoms with Gasteiger partial charge in [-0.05, 0) is 54.9 Å². The van der Waals surface area contributed by atoms with Gasteiger partial charge in [-0.15, -0.1) is 0 Å². The van der Waals surface area contributed by atoms with E-state index in [1.54, 1.807) is 24.4 Å². The molecule has 5 rings (SSSR count). The third-order valence-corrected chi connectivity index (χ3v) is 8.11. The van der Waals surface area contributed by atoms with Gasteiger partial charge in [0, 0.05) is 23.2 Å². The van der Waals surface area contributed by atoms with E-state index in [2.05, 4.69) is 34.4 Å². The lowest BCUT2D eigenvalue weighted by molar-refractivity contribution is -0.139. The first-order chi connectivity index (χ1) is 15.1. The predicted molar refractivity (Wildman–Crippen MR) is 121 cm³/mol. The number of anilines is 1. The van der Waals surface area contributed by atoms with Crippen LogP contribution < -0.4 is 10.6 Å². The molecule has 3 atom stereocenters. The standard InChI is InChI=1S/C23H24Cl2N4O3/c1-21(2)6-8-22(9-7-21)23(13-3-4-14(24)27-18(13)28-20(23)32)16(17(29-22)19(30)31)12-5-10-26-15(25)11-12/h3-5,10-11,16-17,29H,6-9H2,1-2H3,(H,30,31)(H,27,28,32)/t16-,17+,23?/m0/s1. The fourth-order valence-electron chi connectivity index (χ4n) is 6.15. The molecular weight excluding hydrogens is 451 g/mol. The van der Waals surface area contributed by atoms with Crippen molar-refractivity contribution in [1.29, 1.82) is 0 Å². The number of aromatic nitrogens is 2. The van der Waals surface area contributed by atoms with E-state index < -0.39 is 28.9 Å². The fraction of sp³-hybridized carbons (Fsp3) is 0.478. The number of carbonyl (C=O) groups excluding carboxylic acids is 1. The molecule has 0 bridgehead atoms. The molecule has 0 aromatic carbocycles. The molecule has 2 fully saturated rings. The zero-order valence-electron chi connectivity index (χ0n) is 17.8. The highest BCUT2D eigenvalue weighted by atomic mass is 35.5. The van der Waals surface area contributed by atoms with Gasteiger partial charge in [-0.3, -0.25) is 14.9 Å². The van der Waals surface area contributed by atoms with Gasteiger partial charge < -0.3 is 10.4 Å². The summed E-state index contributed by atoms with van der Waals surface area (Å²) in [6, 6.07) is 5.89. The summed E-state index contributed by atoms with van der Waals surface area (Å²) < 4.78 is 0. The first-order valence-corrected chi connectivity index (χ1v) is 11.5. The first-order valence-electron chi connectivity index (χ1n) is 10.7. The molecule has 2 aromatic rings. The zero-order valence-corrected chi connectivity index (χ0v) is 19.3. The van der Waals surface area contributed by atoms with Gasteiger partial charge in [-0.25, -0.2) is 9.97 Å². The Hall–Kier alpha value is -2.22. The van der Waals surface area contributed by atoms with Crippen LogP contribution in [0.4, 0.5) is 5.82 Å². The molecule has 4 heterocycles. The van der Waals surface area contributed by atoms with Gasteiger partial charge in [0.05, 0.1) is 0 Å². The fourth-order valence-corrected chi connectivity index (χ4v) is 6.48. The van der Waals surface area contributed by atoms with Crippen LogP contribution >= 0.6 is 23.2 Å². The monoisotopic (exact) mass is 474 g/mol. The molecule has 0 radical (unpaired) electrons. The number of halogens is 2. The smallest absolute Gasteiger partial charge is 0.321 e. The van der Waals surface area contributed by atoms with Crippen molar-refractivity contribution in [3.8, 4) is 0 Å². The number of rotatable bonds is 2. The molecule has 2 aliphatic heterocycles. The third-order valence-electron chi connectivity index (χ3n) is 7.70. The number of fused-ring (bicyclic) bond motifs is 3. The maximum Gasteiger partial charge on any atom is 0.321 e. The van der Waals surface area contributed by atoms with Crippen LogP contribution in [0.3, 0.4) is 0 Å². The van der Waals surface area contributed by atoms with E-state index in [-0.39, 0.29) is 21.6 Å². The van der Waals surface area contributed by atoms with E-state index in [4.69, 9.17) is 23.2 Å². The number of hydrogen-bond donors (Lipinski definition) is 3. The van der Waals surface area contributed by atoms with Gasteiger partial charge in [0.15, 0.2) is 0 Å². The van der Waals surface area contributed by atoms with E-state index in [1.807, 2.05) is 6.07 Å². The van der Waals surface area contributed by atoms with E-state index >= 15 is 0 Å². The number of amides is 1. The van der Waals surface area contributed by atoms with Gasteiger partial charge in [0.1, 0.15) is 27.6 Å². The number of carboxylic acid groups (broad SMARTS) is 1. The second-order valence-corrected chi connectivity index (χ2v) is 10.7. The van der Waals surface area contributed by atoms with Gasteiger partial charge in [-0.2, -0.15) is 0 Å². The van der Waals surface area contributed by atoms with Gasteiger partial charge in [0.2, 0.25) is 5.91 Å². The molecule has 32 heavy (non-hydrogen) atoms. The number of nitrogens with one attached hydrogen (secondary N) is 2. The average molecular weight is 475 g/mol. The lowest BCUT2D eigenvalue weighted by atomic mass is 9.53. The van der Waals surface area contributed by atoms with Crippen LogP contribution in [0.25, 0.3) is 0 Å². The summed E-state index contributed by atoms with van der Waals surface area (Å²) in [5, 5.41) is 17.2. The molecule has 2 aromatic heterocycles. The summed E-state index contributed by atoms with van der Waals surface area (Å²) in [5.41, 5.74) is -0.479. The van der Waals surface area contributed by atoms with Crippen molar-refractivity contribution in [2.75, 3.05) is 5.32 Å². The summed E-state index contributed by atoms with van der Waals surface area (Å²) in [7, 11) is 0. The SMILES string of the molecule is CC1(C)CCC2(CC1)N[C@@H](C(=O)O)[C@H](c1ccnc(Cl)c1)C21C(=O)Nc2nc(Cl)ccc21. The van der Waals surface area contributed by atoms with Gasteiger partial charge in [0.25, 0.3) is 0 Å². The van der Waals surface area contributed by atoms with Gasteiger partial charge in [-0.1, -0.05) is 43.1 Å². The van der Waals surface area contributed by atoms with Crippen LogP contribution in [0.5, 0.6) is 0 Å². The maximum atomic E-state index is 14.0. The van der Waals surface area contributed by atoms with Gasteiger partial charge >= 0.3 is 5.97 Å². The highest BCUT2D eigenvalue weighted by Gasteiger charge is 2.73. The van der Waals surface area contributed by atoms with Crippen molar-refractivity contribution >= 4 is 40.9 Å². The van der Waals surface area contributed by atoms with Crippen molar-refractivity contribution < 1.29 is 14.7 Å². The van der Waals surface area contributed by atoms with Crippen molar-refractivity contribution in [2.45, 2.75) is 62.4 Å². The molecule has 7 nitrogen and oxygen atoms in total. The zero-order chi connectivity index (χ0) is 22.9. The Morgan fingerprint density at radius 2 is 1.84 bits per heavy atom. The molecule has 168 valence electrons. The minimum atomic E-state index is -1.18. The normalized spacial score (nSPS) is 29.8. The molecule has 1 saturated heterocycles. The highest BCUT2D eigenvalue weighted by molar-refractivity contribution is 6.30. The highest BCUT2D eigenvalue weighted by Crippen LogP contribution is 2.63. The third kappa shape index (κ3) is 2.91. The molecule has 3 aliphatic rings. The Balaban J connectivity index is 1.81. The van der Waals surface area contributed by atoms with E-state index in [0.29, 0.717) is 29.8 Å². The van der Waals surface area contributed by atoms with Crippen LogP contribution in [0.15, 0.2) is 30.5 Å². The Labute approximate surface area is 195 Å². The van der Waals surface area contributed by atoms with Crippen molar-refractivity contribution in [3.63, 3.8) is 0 Å². The van der Waals surface area contributed by atoms with E-state index in [9.17, 15) is 14.7 Å². The lowest BCUT2D eigenvalue weighted by Crippen LogP contribution is -2.61. The van der Waals surface area contributed by atoms with Crippen LogP contribution in [-0.4, -0.2) is 38.5 Å². The minimum absolute atomic E-state index is 0.112. The Morgan fingerprint density at radius 3 is 2.50 bits per heavy atom. The summed E-state index contributed by atoms with van der Waals surface area (Å²) in [4.78, 5) is 34.9. The van der Waals surface area contributed by atoms with Crippen LogP contribution in [0, 0.1) is 5.41 Å². The molecule has 3 N–H and O–H groups in total. The second kappa shape index (κ2) is 7.14. The van der Waals surface area contributed by atoms with Crippen molar-refractivity contribution in [3.05, 3.63) is 51.9 Å². The minimum Gasteiger partial charge on any atom is -0.480 e. The quantitative estimate of drug-likeness (QED) is 0.564. The van der Waals surface area contributed by atoms with Crippen molar-refractivity contribution in [1.82, 2.24) is 15.3 Å². The van der Waals surface area contributed by atoms with E-state index in [1.165, 1.54) is 0 Å². The number of carbonyl (C=O) groups is 2. The second-order valence-electron chi connectivity index (χ2n) is 9.89. The molecule has 9 heteroatoms. The summed E-state index contributed by atoms with van der Waals surface area (Å²) in [6.07, 6.45) is 4.60. The first kappa shape index (κ1) is 21.6. The van der Waals surface area contributed by atoms with Crippen LogP contribution in [0.2, 0.25) is 10.3 Å². The predicted octanol–water partition coefficient (Wildman–Crippen LogP) is 4.15. The number of aliphatic carboxylic acids is 1. The Kier molecular flexibility index (Phi) is 4.82. The summed E-state index contributed by atoms with van der Waals surface area (Å²) in [6.45, 7) is 4.42. The molecule has 2 spiro atoms. The van der Waals surface area contributed by atoms with Crippen LogP contribution in [0.1, 0.15) is 56.6 Å². The summed E-state index contributed by atoms with van der Waals surface area (Å²) >= 11 is 12.3. The topological polar surface area (TPSA) is 104 Å². The van der Waals surface area contributed by atoms with E-state index in [0.717, 1.165) is 12.8 Å². The number of pyridine rings is 2. The Bertz CT molecular complexity index is 1130. The van der Waals surface area contributed by atoms with Crippen molar-refractivity contribution in [2.24, 2.45) is 5.41 Å². The average Bonchev–Trinajstić information content (AvgIpc) is 3.18. The molecule has 1 unspecified atom stereocenters.